The molecule has 0 aromatic carbocycles. The Balaban J connectivity index is -0.0000000773. The first-order chi connectivity index (χ1) is 10.5. The summed E-state index contributed by atoms with van der Waals surface area (Å²) in [5.74, 6) is 8.43. The Morgan fingerprint density at radius 2 is 1.08 bits per heavy atom. The molecule has 0 saturated heterocycles. The summed E-state index contributed by atoms with van der Waals surface area (Å²) in [6.45, 7) is -0.653. The van der Waals surface area contributed by atoms with Crippen molar-refractivity contribution in [2.45, 2.75) is 0 Å². The molecule has 0 aromatic heterocycles. The fraction of sp³-hybridized carbons (Fsp3) is 0.400. The monoisotopic (exact) mass is 437 g/mol. The Labute approximate surface area is 153 Å². The zero-order valence-electron chi connectivity index (χ0n) is 12.5. The topological polar surface area (TPSA) is 364 Å². The van der Waals surface area contributed by atoms with Crippen molar-refractivity contribution in [1.29, 1.82) is 0 Å². The predicted molar refractivity (Wildman–Crippen MR) is 76.9 cm³/mol. The average Bonchev–Trinajstić information content (AvgIpc) is 2.36. The van der Waals surface area contributed by atoms with Gasteiger partial charge in [-0.05, 0) is 0 Å². The van der Waals surface area contributed by atoms with Crippen LogP contribution < -0.4 is 33.7 Å². The maximum absolute atomic E-state index is 10.8. The molecule has 0 bridgehead atoms. The van der Waals surface area contributed by atoms with Gasteiger partial charge in [0.2, 0.25) is 11.8 Å². The molecule has 0 heterocycles. The summed E-state index contributed by atoms with van der Waals surface area (Å²) in [5.41, 5.74) is 10.5. The van der Waals surface area contributed by atoms with E-state index >= 15 is 0 Å². The predicted octanol–water partition coefficient (Wildman–Crippen LogP) is -6.28. The summed E-state index contributed by atoms with van der Waals surface area (Å²) < 4.78 is 0. The van der Waals surface area contributed by atoms with Gasteiger partial charge in [0.05, 0.1) is 23.3 Å². The van der Waals surface area contributed by atoms with Gasteiger partial charge < -0.3 is 47.3 Å². The maximum atomic E-state index is 10.8. The van der Waals surface area contributed by atoms with E-state index < -0.39 is 28.0 Å². The Kier molecular flexibility index (Phi) is 35.7. The molecule has 0 aliphatic heterocycles. The SMILES string of the molecule is NNC(=O)CN(CC(=O)NN)NC(N)=O.O.O.O=[N+]([O-])[O-].O=[N+]([O-])[O-].[Ni+2]. The standard InChI is InChI=1S/C5H13N7O3.2NO3.Ni.2H2O/c6-5(15)11-12(1-3(13)9-7)2-4(14)10-8;2*2-1(3)4;;;/h1-2,7-8H2,(H,9,13)(H,10,14)(H3,6,11,15);;;;2*1H2/q;2*-1;+2;;. The van der Waals surface area contributed by atoms with Crippen molar-refractivity contribution < 1.29 is 52.0 Å². The molecule has 0 unspecified atom stereocenters. The van der Waals surface area contributed by atoms with Crippen molar-refractivity contribution in [3.63, 3.8) is 0 Å². The van der Waals surface area contributed by atoms with Crippen molar-refractivity contribution >= 4 is 17.8 Å². The smallest absolute Gasteiger partial charge is 0.412 e. The fourth-order valence-electron chi connectivity index (χ4n) is 0.729. The van der Waals surface area contributed by atoms with Crippen LogP contribution >= 0.6 is 0 Å². The molecule has 0 aromatic rings. The van der Waals surface area contributed by atoms with Crippen molar-refractivity contribution in [1.82, 2.24) is 21.3 Å². The third-order valence-corrected chi connectivity index (χ3v) is 1.26. The van der Waals surface area contributed by atoms with Crippen molar-refractivity contribution in [3.05, 3.63) is 30.6 Å². The second kappa shape index (κ2) is 24.2. The van der Waals surface area contributed by atoms with Crippen molar-refractivity contribution in [2.75, 3.05) is 13.1 Å². The molecule has 0 rings (SSSR count). The number of nitrogens with two attached hydrogens (primary N) is 3. The number of hydrogen-bond donors (Lipinski definition) is 6. The van der Waals surface area contributed by atoms with E-state index in [1.54, 1.807) is 0 Å². The van der Waals surface area contributed by atoms with Crippen LogP contribution in [0, 0.1) is 30.6 Å². The third-order valence-electron chi connectivity index (χ3n) is 1.26. The summed E-state index contributed by atoms with van der Waals surface area (Å²) in [6.07, 6.45) is 0. The van der Waals surface area contributed by atoms with E-state index in [-0.39, 0.29) is 40.5 Å². The largest absolute Gasteiger partial charge is 2.00 e. The van der Waals surface area contributed by atoms with E-state index in [9.17, 15) is 14.4 Å². The molecule has 0 aliphatic carbocycles. The van der Waals surface area contributed by atoms with Crippen LogP contribution in [0.4, 0.5) is 4.79 Å². The fourth-order valence-corrected chi connectivity index (χ4v) is 0.729. The second-order valence-corrected chi connectivity index (χ2v) is 2.91. The molecule has 0 spiro atoms. The zero-order valence-corrected chi connectivity index (χ0v) is 13.5. The normalized spacial score (nSPS) is 7.35. The number of hydrogen-bond acceptors (Lipinski definition) is 12. The number of nitrogens with zero attached hydrogens (tertiary/aromatic N) is 3. The Bertz CT molecular complexity index is 385. The van der Waals surface area contributed by atoms with Gasteiger partial charge in [0, 0.05) is 0 Å². The van der Waals surface area contributed by atoms with Crippen LogP contribution in [0.5, 0.6) is 0 Å². The summed E-state index contributed by atoms with van der Waals surface area (Å²) in [5, 5.41) is 30.5. The van der Waals surface area contributed by atoms with E-state index in [1.165, 1.54) is 0 Å². The van der Waals surface area contributed by atoms with E-state index in [1.807, 2.05) is 16.3 Å². The number of carbonyl (C=O) groups is 3. The molecule has 0 saturated carbocycles. The molecule has 21 heteroatoms. The number of urea groups is 1. The number of nitrogens with one attached hydrogen (secondary N) is 3. The maximum Gasteiger partial charge on any atom is 2.00 e. The van der Waals surface area contributed by atoms with Gasteiger partial charge in [-0.2, -0.15) is 0 Å². The van der Waals surface area contributed by atoms with E-state index in [4.69, 9.17) is 48.1 Å². The summed E-state index contributed by atoms with van der Waals surface area (Å²) in [6, 6.07) is -0.912. The minimum atomic E-state index is -1.75. The van der Waals surface area contributed by atoms with Crippen molar-refractivity contribution in [3.8, 4) is 0 Å². The van der Waals surface area contributed by atoms with Gasteiger partial charge in [0.25, 0.3) is 0 Å². The Hall–Kier alpha value is -3.10. The Morgan fingerprint density at radius 3 is 1.23 bits per heavy atom. The quantitative estimate of drug-likeness (QED) is 0.0767. The second-order valence-electron chi connectivity index (χ2n) is 2.91. The van der Waals surface area contributed by atoms with E-state index in [2.05, 4.69) is 0 Å². The van der Waals surface area contributed by atoms with E-state index in [0.717, 1.165) is 5.01 Å². The van der Waals surface area contributed by atoms with Crippen LogP contribution in [0.15, 0.2) is 0 Å². The van der Waals surface area contributed by atoms with Crippen molar-refractivity contribution in [2.24, 2.45) is 17.4 Å². The molecule has 20 nitrogen and oxygen atoms in total. The first-order valence-corrected chi connectivity index (χ1v) is 4.89. The van der Waals surface area contributed by atoms with Crippen LogP contribution in [-0.2, 0) is 26.1 Å². The van der Waals surface area contributed by atoms with Gasteiger partial charge in [0.15, 0.2) is 0 Å². The van der Waals surface area contributed by atoms with Crippen LogP contribution in [-0.4, -0.2) is 57.1 Å². The molecular weight excluding hydrogens is 421 g/mol. The Morgan fingerprint density at radius 1 is 0.846 bits per heavy atom. The average molecular weight is 438 g/mol. The molecule has 0 aliphatic rings. The van der Waals surface area contributed by atoms with Gasteiger partial charge in [-0.15, -0.1) is 0 Å². The number of amides is 4. The molecule has 26 heavy (non-hydrogen) atoms. The molecule has 0 fully saturated rings. The van der Waals surface area contributed by atoms with Crippen LogP contribution in [0.3, 0.4) is 0 Å². The van der Waals surface area contributed by atoms with Crippen LogP contribution in [0.25, 0.3) is 0 Å². The minimum Gasteiger partial charge on any atom is -0.412 e. The molecular formula is C5H17N9NiO11. The summed E-state index contributed by atoms with van der Waals surface area (Å²) >= 11 is 0. The molecule has 158 valence electrons. The first-order valence-electron chi connectivity index (χ1n) is 4.89. The molecule has 13 N–H and O–H groups in total. The van der Waals surface area contributed by atoms with E-state index in [0.29, 0.717) is 0 Å². The van der Waals surface area contributed by atoms with Gasteiger partial charge >= 0.3 is 22.5 Å². The third kappa shape index (κ3) is 49.7. The number of carbonyl (C=O) groups excluding carboxylic acids is 3. The van der Waals surface area contributed by atoms with Gasteiger partial charge in [-0.3, -0.25) is 25.9 Å². The molecule has 0 atom stereocenters. The minimum absolute atomic E-state index is 0. The number of primary amides is 1. The summed E-state index contributed by atoms with van der Waals surface area (Å²) in [7, 11) is 0. The van der Waals surface area contributed by atoms with Crippen LogP contribution in [0.1, 0.15) is 0 Å². The molecule has 0 radical (unpaired) electrons. The number of hydrazine groups is 3. The van der Waals surface area contributed by atoms with Crippen LogP contribution in [0.2, 0.25) is 0 Å². The number of rotatable bonds is 5. The first kappa shape index (κ1) is 38.5. The molecule has 4 amide bonds. The van der Waals surface area contributed by atoms with Gasteiger partial charge in [-0.1, -0.05) is 0 Å². The van der Waals surface area contributed by atoms with Gasteiger partial charge in [0.1, 0.15) is 0 Å². The summed E-state index contributed by atoms with van der Waals surface area (Å²) in [4.78, 5) is 48.7. The van der Waals surface area contributed by atoms with Gasteiger partial charge in [-0.25, -0.2) is 21.5 Å². The zero-order chi connectivity index (χ0) is 19.0.